The molecule has 0 saturated carbocycles. The molecule has 3 heteroatoms. The Morgan fingerprint density at radius 3 is 2.95 bits per heavy atom. The first-order chi connectivity index (χ1) is 9.75. The monoisotopic (exact) mass is 271 g/mol. The third-order valence-corrected chi connectivity index (χ3v) is 3.89. The molecule has 1 unspecified atom stereocenters. The van der Waals surface area contributed by atoms with Gasteiger partial charge in [-0.2, -0.15) is 0 Å². The number of ether oxygens (including phenoxy) is 1. The van der Waals surface area contributed by atoms with Crippen LogP contribution in [0.2, 0.25) is 0 Å². The summed E-state index contributed by atoms with van der Waals surface area (Å²) in [5, 5.41) is 3.37. The van der Waals surface area contributed by atoms with Gasteiger partial charge < -0.3 is 10.1 Å². The van der Waals surface area contributed by atoms with E-state index < -0.39 is 0 Å². The van der Waals surface area contributed by atoms with Crippen LogP contribution in [-0.4, -0.2) is 13.2 Å². The first-order valence-electron chi connectivity index (χ1n) is 6.96. The van der Waals surface area contributed by atoms with E-state index in [0.29, 0.717) is 11.5 Å². The second kappa shape index (κ2) is 5.53. The summed E-state index contributed by atoms with van der Waals surface area (Å²) in [6.45, 7) is 3.34. The molecule has 104 valence electrons. The maximum Gasteiger partial charge on any atom is 0.128 e. The lowest BCUT2D eigenvalue weighted by atomic mass is 9.93. The van der Waals surface area contributed by atoms with Gasteiger partial charge in [0, 0.05) is 23.7 Å². The van der Waals surface area contributed by atoms with E-state index in [0.717, 1.165) is 31.0 Å². The molecule has 20 heavy (non-hydrogen) atoms. The predicted octanol–water partition coefficient (Wildman–Crippen LogP) is 4.11. The number of hydrogen-bond donors (Lipinski definition) is 1. The van der Waals surface area contributed by atoms with Crippen molar-refractivity contribution in [3.05, 3.63) is 59.4 Å². The van der Waals surface area contributed by atoms with Crippen LogP contribution in [0, 0.1) is 12.7 Å². The molecule has 2 aromatic carbocycles. The van der Waals surface area contributed by atoms with Crippen LogP contribution in [0.5, 0.6) is 5.75 Å². The lowest BCUT2D eigenvalue weighted by Gasteiger charge is -2.26. The maximum absolute atomic E-state index is 13.5. The summed E-state index contributed by atoms with van der Waals surface area (Å²) in [6.07, 6.45) is 0.985. The zero-order chi connectivity index (χ0) is 13.9. The van der Waals surface area contributed by atoms with Gasteiger partial charge in [-0.05, 0) is 37.1 Å². The number of anilines is 1. The van der Waals surface area contributed by atoms with Gasteiger partial charge >= 0.3 is 0 Å². The third-order valence-electron chi connectivity index (χ3n) is 3.89. The Kier molecular flexibility index (Phi) is 3.59. The van der Waals surface area contributed by atoms with Gasteiger partial charge in [-0.3, -0.25) is 0 Å². The van der Waals surface area contributed by atoms with E-state index in [-0.39, 0.29) is 5.82 Å². The van der Waals surface area contributed by atoms with Crippen molar-refractivity contribution in [1.82, 2.24) is 0 Å². The molecule has 1 N–H and O–H groups in total. The summed E-state index contributed by atoms with van der Waals surface area (Å²) >= 11 is 0. The van der Waals surface area contributed by atoms with Crippen molar-refractivity contribution in [1.29, 1.82) is 0 Å². The molecule has 0 radical (unpaired) electrons. The quantitative estimate of drug-likeness (QED) is 0.907. The van der Waals surface area contributed by atoms with Crippen molar-refractivity contribution in [2.45, 2.75) is 19.3 Å². The lowest BCUT2D eigenvalue weighted by Crippen LogP contribution is -2.21. The molecular formula is C17H18FNO. The molecule has 1 aliphatic heterocycles. The van der Waals surface area contributed by atoms with Crippen molar-refractivity contribution in [2.75, 3.05) is 18.5 Å². The van der Waals surface area contributed by atoms with Gasteiger partial charge in [-0.1, -0.05) is 24.3 Å². The Morgan fingerprint density at radius 2 is 2.05 bits per heavy atom. The van der Waals surface area contributed by atoms with Gasteiger partial charge in [-0.15, -0.1) is 0 Å². The first-order valence-corrected chi connectivity index (χ1v) is 6.96. The fourth-order valence-electron chi connectivity index (χ4n) is 2.66. The highest BCUT2D eigenvalue weighted by Gasteiger charge is 2.20. The summed E-state index contributed by atoms with van der Waals surface area (Å²) < 4.78 is 19.2. The molecule has 0 amide bonds. The Morgan fingerprint density at radius 1 is 1.20 bits per heavy atom. The molecule has 1 atom stereocenters. The minimum Gasteiger partial charge on any atom is -0.493 e. The van der Waals surface area contributed by atoms with E-state index in [1.54, 1.807) is 13.0 Å². The van der Waals surface area contributed by atoms with Gasteiger partial charge in [0.1, 0.15) is 11.6 Å². The van der Waals surface area contributed by atoms with Gasteiger partial charge in [-0.25, -0.2) is 4.39 Å². The number of fused-ring (bicyclic) bond motifs is 1. The number of halogens is 1. The van der Waals surface area contributed by atoms with Crippen LogP contribution in [-0.2, 0) is 0 Å². The van der Waals surface area contributed by atoms with Gasteiger partial charge in [0.2, 0.25) is 0 Å². The molecule has 2 aromatic rings. The Bertz CT molecular complexity index is 612. The lowest BCUT2D eigenvalue weighted by molar-refractivity contribution is 0.270. The minimum atomic E-state index is -0.164. The zero-order valence-electron chi connectivity index (χ0n) is 11.5. The minimum absolute atomic E-state index is 0.164. The van der Waals surface area contributed by atoms with Crippen LogP contribution in [0.25, 0.3) is 0 Å². The average Bonchev–Trinajstić information content (AvgIpc) is 2.49. The van der Waals surface area contributed by atoms with E-state index >= 15 is 0 Å². The smallest absolute Gasteiger partial charge is 0.128 e. The molecule has 1 heterocycles. The number of para-hydroxylation sites is 1. The molecule has 2 nitrogen and oxygen atoms in total. The SMILES string of the molecule is Cc1c(F)cccc1NCC1CCOc2ccccc21. The molecule has 1 aliphatic rings. The largest absolute Gasteiger partial charge is 0.493 e. The topological polar surface area (TPSA) is 21.3 Å². The summed E-state index contributed by atoms with van der Waals surface area (Å²) in [5.41, 5.74) is 2.78. The standard InChI is InChI=1S/C17H18FNO/c1-12-15(18)6-4-7-16(12)19-11-13-9-10-20-17-8-3-2-5-14(13)17/h2-8,13,19H,9-11H2,1H3. The molecule has 0 fully saturated rings. The van der Waals surface area contributed by atoms with E-state index in [2.05, 4.69) is 11.4 Å². The fraction of sp³-hybridized carbons (Fsp3) is 0.294. The highest BCUT2D eigenvalue weighted by atomic mass is 19.1. The van der Waals surface area contributed by atoms with E-state index in [1.807, 2.05) is 24.3 Å². The Hall–Kier alpha value is -2.03. The molecule has 0 spiro atoms. The van der Waals surface area contributed by atoms with Crippen LogP contribution < -0.4 is 10.1 Å². The van der Waals surface area contributed by atoms with Crippen LogP contribution in [0.15, 0.2) is 42.5 Å². The molecule has 0 saturated heterocycles. The normalized spacial score (nSPS) is 17.2. The zero-order valence-corrected chi connectivity index (χ0v) is 11.5. The second-order valence-corrected chi connectivity index (χ2v) is 5.17. The molecule has 0 aromatic heterocycles. The molecule has 0 bridgehead atoms. The summed E-state index contributed by atoms with van der Waals surface area (Å²) in [5.74, 6) is 1.21. The van der Waals surface area contributed by atoms with Crippen molar-refractivity contribution < 1.29 is 9.13 Å². The highest BCUT2D eigenvalue weighted by molar-refractivity contribution is 5.51. The van der Waals surface area contributed by atoms with E-state index in [1.165, 1.54) is 11.6 Å². The Balaban J connectivity index is 1.75. The van der Waals surface area contributed by atoms with Crippen molar-refractivity contribution >= 4 is 5.69 Å². The summed E-state index contributed by atoms with van der Waals surface area (Å²) in [4.78, 5) is 0. The highest BCUT2D eigenvalue weighted by Crippen LogP contribution is 2.33. The van der Waals surface area contributed by atoms with E-state index in [9.17, 15) is 4.39 Å². The third kappa shape index (κ3) is 2.48. The van der Waals surface area contributed by atoms with Gasteiger partial charge in [0.15, 0.2) is 0 Å². The number of benzene rings is 2. The van der Waals surface area contributed by atoms with Crippen molar-refractivity contribution in [3.8, 4) is 5.75 Å². The first kappa shape index (κ1) is 13.0. The predicted molar refractivity (Wildman–Crippen MR) is 78.9 cm³/mol. The molecule has 3 rings (SSSR count). The van der Waals surface area contributed by atoms with Gasteiger partial charge in [0.25, 0.3) is 0 Å². The summed E-state index contributed by atoms with van der Waals surface area (Å²) in [6, 6.07) is 13.3. The van der Waals surface area contributed by atoms with Crippen molar-refractivity contribution in [3.63, 3.8) is 0 Å². The number of rotatable bonds is 3. The second-order valence-electron chi connectivity index (χ2n) is 5.17. The maximum atomic E-state index is 13.5. The Labute approximate surface area is 118 Å². The van der Waals surface area contributed by atoms with Crippen LogP contribution in [0.4, 0.5) is 10.1 Å². The van der Waals surface area contributed by atoms with E-state index in [4.69, 9.17) is 4.74 Å². The number of nitrogens with one attached hydrogen (secondary N) is 1. The fourth-order valence-corrected chi connectivity index (χ4v) is 2.66. The molecule has 0 aliphatic carbocycles. The average molecular weight is 271 g/mol. The summed E-state index contributed by atoms with van der Waals surface area (Å²) in [7, 11) is 0. The van der Waals surface area contributed by atoms with Crippen LogP contribution in [0.3, 0.4) is 0 Å². The number of hydrogen-bond acceptors (Lipinski definition) is 2. The van der Waals surface area contributed by atoms with Crippen LogP contribution >= 0.6 is 0 Å². The van der Waals surface area contributed by atoms with Crippen LogP contribution in [0.1, 0.15) is 23.5 Å². The van der Waals surface area contributed by atoms with Gasteiger partial charge in [0.05, 0.1) is 6.61 Å². The molecular weight excluding hydrogens is 253 g/mol. The van der Waals surface area contributed by atoms with Crippen molar-refractivity contribution in [2.24, 2.45) is 0 Å².